The topological polar surface area (TPSA) is 75.7 Å². The molecular weight excluding hydrogens is 443 g/mol. The Labute approximate surface area is 193 Å². The van der Waals surface area contributed by atoms with Crippen molar-refractivity contribution in [3.05, 3.63) is 100 Å². The molecule has 0 aliphatic carbocycles. The number of carbonyl (C=O) groups is 1. The lowest BCUT2D eigenvalue weighted by atomic mass is 10.1. The highest BCUT2D eigenvalue weighted by Gasteiger charge is 2.27. The zero-order valence-electron chi connectivity index (χ0n) is 18.3. The van der Waals surface area contributed by atoms with Gasteiger partial charge in [-0.25, -0.2) is 12.8 Å². The second-order valence-electron chi connectivity index (χ2n) is 8.02. The van der Waals surface area contributed by atoms with Gasteiger partial charge < -0.3 is 10.1 Å². The first kappa shape index (κ1) is 22.9. The summed E-state index contributed by atoms with van der Waals surface area (Å²) in [6.07, 6.45) is 0. The van der Waals surface area contributed by atoms with E-state index in [-0.39, 0.29) is 31.2 Å². The second kappa shape index (κ2) is 9.72. The molecule has 1 aliphatic heterocycles. The highest BCUT2D eigenvalue weighted by molar-refractivity contribution is 7.88. The number of sulfonamides is 1. The van der Waals surface area contributed by atoms with Gasteiger partial charge in [0.15, 0.2) is 0 Å². The molecule has 33 heavy (non-hydrogen) atoms. The summed E-state index contributed by atoms with van der Waals surface area (Å²) in [6, 6.07) is 18.7. The van der Waals surface area contributed by atoms with Crippen molar-refractivity contribution in [2.45, 2.75) is 25.8 Å². The number of ether oxygens (including phenoxy) is 1. The molecule has 172 valence electrons. The Balaban J connectivity index is 1.49. The lowest BCUT2D eigenvalue weighted by Gasteiger charge is -2.20. The number of rotatable bonds is 6. The maximum Gasteiger partial charge on any atom is 0.251 e. The minimum Gasteiger partial charge on any atom is -0.492 e. The van der Waals surface area contributed by atoms with Crippen molar-refractivity contribution in [3.63, 3.8) is 0 Å². The van der Waals surface area contributed by atoms with Gasteiger partial charge in [-0.15, -0.1) is 0 Å². The Bertz CT molecular complexity index is 1260. The fourth-order valence-electron chi connectivity index (χ4n) is 3.64. The van der Waals surface area contributed by atoms with E-state index in [9.17, 15) is 17.6 Å². The van der Waals surface area contributed by atoms with Crippen LogP contribution in [0.4, 0.5) is 4.39 Å². The third kappa shape index (κ3) is 5.58. The van der Waals surface area contributed by atoms with Gasteiger partial charge in [0.1, 0.15) is 18.2 Å². The first-order valence-corrected chi connectivity index (χ1v) is 12.2. The van der Waals surface area contributed by atoms with E-state index in [1.165, 1.54) is 22.5 Å². The van der Waals surface area contributed by atoms with Crippen molar-refractivity contribution in [2.75, 3.05) is 13.2 Å². The predicted octanol–water partition coefficient (Wildman–Crippen LogP) is 3.79. The average molecular weight is 469 g/mol. The molecule has 3 aromatic carbocycles. The molecule has 0 radical (unpaired) electrons. The summed E-state index contributed by atoms with van der Waals surface area (Å²) in [5.74, 6) is -0.719. The van der Waals surface area contributed by atoms with E-state index in [0.717, 1.165) is 11.1 Å². The predicted molar refractivity (Wildman–Crippen MR) is 124 cm³/mol. The van der Waals surface area contributed by atoms with Crippen LogP contribution in [0.15, 0.2) is 66.7 Å². The maximum absolute atomic E-state index is 14.0. The van der Waals surface area contributed by atoms with Crippen molar-refractivity contribution in [1.29, 1.82) is 0 Å². The Morgan fingerprint density at radius 2 is 1.85 bits per heavy atom. The van der Waals surface area contributed by atoms with Crippen molar-refractivity contribution >= 4 is 15.9 Å². The SMILES string of the molecule is Cc1ccc(CNC(=O)c2ccc3c(c2)CN(S(=O)(=O)Cc2ccccc2F)CCO3)cc1. The molecule has 0 atom stereocenters. The third-order valence-electron chi connectivity index (χ3n) is 5.53. The summed E-state index contributed by atoms with van der Waals surface area (Å²) in [6.45, 7) is 2.74. The molecule has 3 aromatic rings. The first-order chi connectivity index (χ1) is 15.8. The molecule has 0 fully saturated rings. The molecule has 0 aromatic heterocycles. The van der Waals surface area contributed by atoms with Crippen molar-refractivity contribution in [1.82, 2.24) is 9.62 Å². The summed E-state index contributed by atoms with van der Waals surface area (Å²) >= 11 is 0. The standard InChI is InChI=1S/C25H25FN2O4S/c1-18-6-8-19(9-7-18)15-27-25(29)20-10-11-24-22(14-20)16-28(12-13-32-24)33(30,31)17-21-4-2-3-5-23(21)26/h2-11,14H,12-13,15-17H2,1H3,(H,27,29). The van der Waals surface area contributed by atoms with Crippen molar-refractivity contribution in [3.8, 4) is 5.75 Å². The highest BCUT2D eigenvalue weighted by Crippen LogP contribution is 2.27. The van der Waals surface area contributed by atoms with Gasteiger partial charge in [0.2, 0.25) is 10.0 Å². The van der Waals surface area contributed by atoms with E-state index < -0.39 is 21.6 Å². The Hall–Kier alpha value is -3.23. The number of nitrogens with zero attached hydrogens (tertiary/aromatic N) is 1. The number of hydrogen-bond donors (Lipinski definition) is 1. The number of fused-ring (bicyclic) bond motifs is 1. The van der Waals surface area contributed by atoms with E-state index in [2.05, 4.69) is 5.32 Å². The van der Waals surface area contributed by atoms with Crippen LogP contribution in [0, 0.1) is 12.7 Å². The molecular formula is C25H25FN2O4S. The van der Waals surface area contributed by atoms with Crippen LogP contribution in [0.3, 0.4) is 0 Å². The van der Waals surface area contributed by atoms with Gasteiger partial charge in [-0.1, -0.05) is 48.0 Å². The molecule has 0 saturated carbocycles. The molecule has 4 rings (SSSR count). The Morgan fingerprint density at radius 3 is 2.61 bits per heavy atom. The molecule has 0 unspecified atom stereocenters. The van der Waals surface area contributed by atoms with E-state index in [1.807, 2.05) is 31.2 Å². The van der Waals surface area contributed by atoms with Crippen LogP contribution in [0.25, 0.3) is 0 Å². The van der Waals surface area contributed by atoms with Crippen LogP contribution in [-0.2, 0) is 28.9 Å². The number of hydrogen-bond acceptors (Lipinski definition) is 4. The van der Waals surface area contributed by atoms with Gasteiger partial charge in [-0.05, 0) is 36.8 Å². The van der Waals surface area contributed by atoms with E-state index in [1.54, 1.807) is 24.3 Å². The van der Waals surface area contributed by atoms with E-state index >= 15 is 0 Å². The first-order valence-electron chi connectivity index (χ1n) is 10.6. The van der Waals surface area contributed by atoms with Crippen molar-refractivity contribution in [2.24, 2.45) is 0 Å². The van der Waals surface area contributed by atoms with Crippen LogP contribution in [0.5, 0.6) is 5.75 Å². The fraction of sp³-hybridized carbons (Fsp3) is 0.240. The summed E-state index contributed by atoms with van der Waals surface area (Å²) in [7, 11) is -3.80. The summed E-state index contributed by atoms with van der Waals surface area (Å²) < 4.78 is 47.0. The van der Waals surface area contributed by atoms with Gasteiger partial charge in [0, 0.05) is 36.3 Å². The lowest BCUT2D eigenvalue weighted by molar-refractivity contribution is 0.0950. The zero-order chi connectivity index (χ0) is 23.4. The maximum atomic E-state index is 14.0. The summed E-state index contributed by atoms with van der Waals surface area (Å²) in [5, 5.41) is 2.88. The fourth-order valence-corrected chi connectivity index (χ4v) is 5.14. The molecule has 1 aliphatic rings. The zero-order valence-corrected chi connectivity index (χ0v) is 19.1. The molecule has 8 heteroatoms. The molecule has 1 N–H and O–H groups in total. The normalized spacial score (nSPS) is 14.1. The number of halogens is 1. The minimum absolute atomic E-state index is 0.0468. The molecule has 1 amide bonds. The van der Waals surface area contributed by atoms with Gasteiger partial charge in [0.25, 0.3) is 5.91 Å². The van der Waals surface area contributed by atoms with Crippen LogP contribution in [-0.4, -0.2) is 31.8 Å². The number of carbonyl (C=O) groups excluding carboxylic acids is 1. The quantitative estimate of drug-likeness (QED) is 0.597. The van der Waals surface area contributed by atoms with Crippen LogP contribution < -0.4 is 10.1 Å². The van der Waals surface area contributed by atoms with Gasteiger partial charge in [-0.2, -0.15) is 4.31 Å². The largest absolute Gasteiger partial charge is 0.492 e. The summed E-state index contributed by atoms with van der Waals surface area (Å²) in [5.41, 5.74) is 3.25. The number of amides is 1. The van der Waals surface area contributed by atoms with Crippen LogP contribution in [0.1, 0.15) is 32.6 Å². The average Bonchev–Trinajstić information content (AvgIpc) is 3.02. The molecule has 1 heterocycles. The highest BCUT2D eigenvalue weighted by atomic mass is 32.2. The van der Waals surface area contributed by atoms with Gasteiger partial charge in [0.05, 0.1) is 5.75 Å². The number of benzene rings is 3. The number of nitrogens with one attached hydrogen (secondary N) is 1. The Kier molecular flexibility index (Phi) is 6.76. The second-order valence-corrected chi connectivity index (χ2v) is 9.99. The molecule has 0 saturated heterocycles. The smallest absolute Gasteiger partial charge is 0.251 e. The van der Waals surface area contributed by atoms with Gasteiger partial charge >= 0.3 is 0 Å². The van der Waals surface area contributed by atoms with E-state index in [4.69, 9.17) is 4.74 Å². The third-order valence-corrected chi connectivity index (χ3v) is 7.30. The molecule has 6 nitrogen and oxygen atoms in total. The Morgan fingerprint density at radius 1 is 1.09 bits per heavy atom. The van der Waals surface area contributed by atoms with Crippen molar-refractivity contribution < 1.29 is 22.3 Å². The van der Waals surface area contributed by atoms with Gasteiger partial charge in [-0.3, -0.25) is 4.79 Å². The lowest BCUT2D eigenvalue weighted by Crippen LogP contribution is -2.33. The number of aryl methyl sites for hydroxylation is 1. The minimum atomic E-state index is -3.80. The van der Waals surface area contributed by atoms with Crippen LogP contribution >= 0.6 is 0 Å². The van der Waals surface area contributed by atoms with Crippen LogP contribution in [0.2, 0.25) is 0 Å². The molecule has 0 bridgehead atoms. The molecule has 0 spiro atoms. The monoisotopic (exact) mass is 468 g/mol. The van der Waals surface area contributed by atoms with E-state index in [0.29, 0.717) is 23.4 Å². The summed E-state index contributed by atoms with van der Waals surface area (Å²) in [4.78, 5) is 12.7.